The van der Waals surface area contributed by atoms with Gasteiger partial charge in [0.2, 0.25) is 5.91 Å². The molecular weight excluding hydrogens is 550 g/mol. The van der Waals surface area contributed by atoms with Crippen LogP contribution >= 0.6 is 15.9 Å². The number of nitrogens with zero attached hydrogens (tertiary/aromatic N) is 5. The van der Waals surface area contributed by atoms with Gasteiger partial charge in [-0.15, -0.1) is 0 Å². The first kappa shape index (κ1) is 26.1. The molecule has 1 atom stereocenters. The average molecular weight is 587 g/mol. The van der Waals surface area contributed by atoms with E-state index in [-0.39, 0.29) is 5.92 Å². The predicted molar refractivity (Wildman–Crippen MR) is 161 cm³/mol. The molecule has 0 aliphatic carbocycles. The maximum Gasteiger partial charge on any atom is 0.227 e. The third-order valence-corrected chi connectivity index (χ3v) is 8.97. The molecule has 3 aromatic carbocycles. The normalized spacial score (nSPS) is 18.6. The van der Waals surface area contributed by atoms with E-state index in [9.17, 15) is 4.79 Å². The van der Waals surface area contributed by atoms with Crippen LogP contribution in [0.25, 0.3) is 16.7 Å². The average Bonchev–Trinajstić information content (AvgIpc) is 3.32. The molecule has 0 radical (unpaired) electrons. The van der Waals surface area contributed by atoms with Crippen molar-refractivity contribution in [3.63, 3.8) is 0 Å². The third kappa shape index (κ3) is 5.35. The van der Waals surface area contributed by atoms with Crippen molar-refractivity contribution in [3.8, 4) is 5.69 Å². The number of piperidine rings is 1. The molecule has 3 heterocycles. The molecule has 6 nitrogen and oxygen atoms in total. The quantitative estimate of drug-likeness (QED) is 0.289. The van der Waals surface area contributed by atoms with Crippen LogP contribution in [0.3, 0.4) is 0 Å². The molecule has 0 bridgehead atoms. The Balaban J connectivity index is 1.14. The summed E-state index contributed by atoms with van der Waals surface area (Å²) in [6.45, 7) is 10.3. The van der Waals surface area contributed by atoms with Crippen LogP contribution in [0.4, 0.5) is 5.69 Å². The van der Waals surface area contributed by atoms with Gasteiger partial charge in [0.25, 0.3) is 0 Å². The lowest BCUT2D eigenvalue weighted by Crippen LogP contribution is -2.52. The zero-order chi connectivity index (χ0) is 26.9. The largest absolute Gasteiger partial charge is 0.368 e. The number of carbonyl (C=O) groups excluding carboxylic acids is 1. The lowest BCUT2D eigenvalue weighted by atomic mass is 9.96. The molecule has 7 heteroatoms. The molecule has 0 spiro atoms. The lowest BCUT2D eigenvalue weighted by molar-refractivity contribution is -0.137. The predicted octanol–water partition coefficient (Wildman–Crippen LogP) is 5.97. The number of carbonyl (C=O) groups is 1. The summed E-state index contributed by atoms with van der Waals surface area (Å²) in [6, 6.07) is 23.2. The minimum Gasteiger partial charge on any atom is -0.368 e. The summed E-state index contributed by atoms with van der Waals surface area (Å²) in [5.74, 6) is 1.40. The number of hydrogen-bond donors (Lipinski definition) is 0. The number of fused-ring (bicyclic) bond motifs is 1. The second-order valence-electron chi connectivity index (χ2n) is 10.9. The second kappa shape index (κ2) is 11.1. The Morgan fingerprint density at radius 2 is 1.69 bits per heavy atom. The molecule has 6 rings (SSSR count). The second-order valence-corrected chi connectivity index (χ2v) is 11.8. The molecule has 0 saturated carbocycles. The maximum atomic E-state index is 13.6. The van der Waals surface area contributed by atoms with Gasteiger partial charge in [-0.1, -0.05) is 40.2 Å². The molecule has 0 unspecified atom stereocenters. The van der Waals surface area contributed by atoms with Gasteiger partial charge in [-0.05, 0) is 86.8 Å². The molecule has 1 amide bonds. The monoisotopic (exact) mass is 585 g/mol. The molecule has 4 aromatic rings. The number of aromatic nitrogens is 2. The third-order valence-electron chi connectivity index (χ3n) is 8.44. The fraction of sp³-hybridized carbons (Fsp3) is 0.375. The fourth-order valence-corrected chi connectivity index (χ4v) is 6.43. The number of halogens is 1. The number of aryl methyl sites for hydroxylation is 1. The van der Waals surface area contributed by atoms with E-state index >= 15 is 0 Å². The van der Waals surface area contributed by atoms with Gasteiger partial charge < -0.3 is 9.80 Å². The number of likely N-dealkylation sites (tertiary alicyclic amines) is 1. The van der Waals surface area contributed by atoms with E-state index < -0.39 is 0 Å². The first-order valence-corrected chi connectivity index (χ1v) is 14.8. The van der Waals surface area contributed by atoms with E-state index in [1.54, 1.807) is 0 Å². The summed E-state index contributed by atoms with van der Waals surface area (Å²) in [5, 5.41) is 0. The van der Waals surface area contributed by atoms with Crippen molar-refractivity contribution >= 4 is 38.6 Å². The summed E-state index contributed by atoms with van der Waals surface area (Å²) in [7, 11) is 0. The van der Waals surface area contributed by atoms with Crippen molar-refractivity contribution in [1.29, 1.82) is 0 Å². The number of piperazine rings is 1. The van der Waals surface area contributed by atoms with Crippen molar-refractivity contribution in [2.24, 2.45) is 5.92 Å². The minimum atomic E-state index is 0.0523. The van der Waals surface area contributed by atoms with Gasteiger partial charge in [0, 0.05) is 48.6 Å². The topological polar surface area (TPSA) is 44.6 Å². The number of hydrogen-bond acceptors (Lipinski definition) is 4. The molecule has 39 heavy (non-hydrogen) atoms. The zero-order valence-corrected chi connectivity index (χ0v) is 24.4. The van der Waals surface area contributed by atoms with Crippen molar-refractivity contribution in [1.82, 2.24) is 19.4 Å². The van der Waals surface area contributed by atoms with E-state index in [4.69, 9.17) is 4.98 Å². The van der Waals surface area contributed by atoms with Crippen LogP contribution in [0.5, 0.6) is 0 Å². The Morgan fingerprint density at radius 3 is 2.49 bits per heavy atom. The van der Waals surface area contributed by atoms with Crippen LogP contribution < -0.4 is 4.90 Å². The minimum absolute atomic E-state index is 0.0523. The van der Waals surface area contributed by atoms with Gasteiger partial charge in [0.1, 0.15) is 5.82 Å². The highest BCUT2D eigenvalue weighted by molar-refractivity contribution is 9.10. The SMILES string of the molecule is Cc1cccc(N2CCN(C(=O)[C@@H]3CCCN(Cc4nc5ccccc5n4-c4ccc(Br)cc4)C3)CC2)c1C. The van der Waals surface area contributed by atoms with Crippen LogP contribution in [0, 0.1) is 19.8 Å². The number of imidazole rings is 1. The maximum absolute atomic E-state index is 13.6. The van der Waals surface area contributed by atoms with Crippen molar-refractivity contribution in [2.45, 2.75) is 33.2 Å². The number of para-hydroxylation sites is 2. The first-order valence-electron chi connectivity index (χ1n) is 14.0. The first-order chi connectivity index (χ1) is 19.0. The van der Waals surface area contributed by atoms with Gasteiger partial charge in [-0.25, -0.2) is 4.98 Å². The highest BCUT2D eigenvalue weighted by Crippen LogP contribution is 2.28. The number of benzene rings is 3. The summed E-state index contributed by atoms with van der Waals surface area (Å²) in [4.78, 5) is 25.6. The van der Waals surface area contributed by atoms with Gasteiger partial charge in [-0.3, -0.25) is 14.3 Å². The van der Waals surface area contributed by atoms with E-state index in [0.29, 0.717) is 5.91 Å². The van der Waals surface area contributed by atoms with Gasteiger partial charge in [0.05, 0.1) is 23.5 Å². The molecule has 2 aliphatic heterocycles. The van der Waals surface area contributed by atoms with E-state index in [2.05, 4.69) is 110 Å². The summed E-state index contributed by atoms with van der Waals surface area (Å²) in [6.07, 6.45) is 2.01. The standard InChI is InChI=1S/C32H36BrN5O/c1-23-7-5-11-29(24(23)2)36-17-19-37(20-18-36)32(39)25-8-6-16-35(21-25)22-31-34-28-9-3-4-10-30(28)38(31)27-14-12-26(33)13-15-27/h3-5,7,9-15,25H,6,8,16-22H2,1-2H3/t25-/m1/s1. The van der Waals surface area contributed by atoms with Crippen molar-refractivity contribution < 1.29 is 4.79 Å². The lowest BCUT2D eigenvalue weighted by Gasteiger charge is -2.40. The molecule has 2 aliphatic rings. The number of rotatable bonds is 5. The Morgan fingerprint density at radius 1 is 0.923 bits per heavy atom. The number of anilines is 1. The molecule has 1 aromatic heterocycles. The molecule has 2 fully saturated rings. The van der Waals surface area contributed by atoms with Gasteiger partial charge in [-0.2, -0.15) is 0 Å². The smallest absolute Gasteiger partial charge is 0.227 e. The van der Waals surface area contributed by atoms with Crippen LogP contribution in [-0.2, 0) is 11.3 Å². The van der Waals surface area contributed by atoms with E-state index in [0.717, 1.165) is 85.7 Å². The zero-order valence-electron chi connectivity index (χ0n) is 22.8. The molecule has 202 valence electrons. The summed E-state index contributed by atoms with van der Waals surface area (Å²) < 4.78 is 3.32. The Hall–Kier alpha value is -3.16. The van der Waals surface area contributed by atoms with Gasteiger partial charge >= 0.3 is 0 Å². The summed E-state index contributed by atoms with van der Waals surface area (Å²) >= 11 is 3.56. The van der Waals surface area contributed by atoms with E-state index in [1.165, 1.54) is 16.8 Å². The van der Waals surface area contributed by atoms with Crippen LogP contribution in [0.2, 0.25) is 0 Å². The summed E-state index contributed by atoms with van der Waals surface area (Å²) in [5.41, 5.74) is 7.19. The van der Waals surface area contributed by atoms with Crippen LogP contribution in [-0.4, -0.2) is 64.5 Å². The van der Waals surface area contributed by atoms with E-state index in [1.807, 2.05) is 6.07 Å². The Bertz CT molecular complexity index is 1470. The van der Waals surface area contributed by atoms with Crippen LogP contribution in [0.15, 0.2) is 71.2 Å². The number of amides is 1. The van der Waals surface area contributed by atoms with Crippen LogP contribution in [0.1, 0.15) is 29.8 Å². The molecule has 2 saturated heterocycles. The van der Waals surface area contributed by atoms with Crippen molar-refractivity contribution in [3.05, 3.63) is 88.2 Å². The highest BCUT2D eigenvalue weighted by Gasteiger charge is 2.32. The Labute approximate surface area is 239 Å². The molecule has 0 N–H and O–H groups in total. The fourth-order valence-electron chi connectivity index (χ4n) is 6.17. The Kier molecular flexibility index (Phi) is 7.45. The highest BCUT2D eigenvalue weighted by atomic mass is 79.9. The van der Waals surface area contributed by atoms with Crippen molar-refractivity contribution in [2.75, 3.05) is 44.2 Å². The van der Waals surface area contributed by atoms with Gasteiger partial charge in [0.15, 0.2) is 0 Å². The molecular formula is C32H36BrN5O.